The van der Waals surface area contributed by atoms with Crippen LogP contribution in [0.3, 0.4) is 0 Å². The summed E-state index contributed by atoms with van der Waals surface area (Å²) >= 11 is 0. The van der Waals surface area contributed by atoms with E-state index < -0.39 is 17.8 Å². The summed E-state index contributed by atoms with van der Waals surface area (Å²) in [5, 5.41) is 11.3. The van der Waals surface area contributed by atoms with Crippen molar-refractivity contribution >= 4 is 40.1 Å². The molecular weight excluding hydrogens is 499 g/mol. The highest BCUT2D eigenvalue weighted by atomic mass is 19.4. The lowest BCUT2D eigenvalue weighted by molar-refractivity contribution is -0.137. The van der Waals surface area contributed by atoms with E-state index in [0.29, 0.717) is 48.8 Å². The van der Waals surface area contributed by atoms with Crippen molar-refractivity contribution in [2.24, 2.45) is 0 Å². The maximum atomic E-state index is 14.0. The Morgan fingerprint density at radius 3 is 2.42 bits per heavy atom. The largest absolute Gasteiger partial charge is 0.418 e. The average Bonchev–Trinajstić information content (AvgIpc) is 3.34. The summed E-state index contributed by atoms with van der Waals surface area (Å²) in [4.78, 5) is 27.2. The summed E-state index contributed by atoms with van der Waals surface area (Å²) in [6, 6.07) is 9.19. The van der Waals surface area contributed by atoms with Gasteiger partial charge in [-0.2, -0.15) is 13.2 Å². The highest BCUT2D eigenvalue weighted by Gasteiger charge is 2.38. The van der Waals surface area contributed by atoms with E-state index in [9.17, 15) is 18.0 Å². The van der Waals surface area contributed by atoms with Crippen LogP contribution in [0.5, 0.6) is 0 Å². The quantitative estimate of drug-likeness (QED) is 0.308. The molecule has 0 unspecified atom stereocenters. The summed E-state index contributed by atoms with van der Waals surface area (Å²) in [7, 11) is 1.75. The Labute approximate surface area is 216 Å². The number of imidazole rings is 1. The molecule has 2 amide bonds. The number of halogens is 3. The maximum absolute atomic E-state index is 14.0. The number of nitrogens with one attached hydrogen (secondary N) is 4. The van der Waals surface area contributed by atoms with Crippen LogP contribution in [0.1, 0.15) is 11.1 Å². The van der Waals surface area contributed by atoms with Crippen molar-refractivity contribution in [3.8, 4) is 5.69 Å². The molecule has 0 aliphatic carbocycles. The van der Waals surface area contributed by atoms with E-state index >= 15 is 0 Å². The molecule has 1 fully saturated rings. The minimum Gasteiger partial charge on any atom is -0.371 e. The Balaban J connectivity index is 1.33. The van der Waals surface area contributed by atoms with Crippen LogP contribution in [0.2, 0.25) is 0 Å². The lowest BCUT2D eigenvalue weighted by Crippen LogP contribution is -2.44. The lowest BCUT2D eigenvalue weighted by atomic mass is 10.0. The summed E-state index contributed by atoms with van der Waals surface area (Å²) in [5.41, 5.74) is 1.90. The van der Waals surface area contributed by atoms with Gasteiger partial charge < -0.3 is 26.2 Å². The number of carbonyl (C=O) groups is 1. The molecular formula is C25H26F3N9O. The molecule has 1 saturated heterocycles. The second kappa shape index (κ2) is 10.2. The van der Waals surface area contributed by atoms with Crippen molar-refractivity contribution in [3.63, 3.8) is 0 Å². The number of hydrogen-bond donors (Lipinski definition) is 4. The van der Waals surface area contributed by atoms with Crippen molar-refractivity contribution in [2.75, 3.05) is 54.1 Å². The van der Waals surface area contributed by atoms with Gasteiger partial charge in [-0.25, -0.2) is 19.7 Å². The van der Waals surface area contributed by atoms with Crippen LogP contribution in [0, 0.1) is 6.92 Å². The normalized spacial score (nSPS) is 14.0. The number of aromatic nitrogens is 4. The molecule has 2 aromatic heterocycles. The van der Waals surface area contributed by atoms with E-state index in [1.165, 1.54) is 25.4 Å². The van der Waals surface area contributed by atoms with Gasteiger partial charge in [0, 0.05) is 56.0 Å². The van der Waals surface area contributed by atoms with E-state index in [1.54, 1.807) is 47.1 Å². The Kier molecular flexibility index (Phi) is 6.76. The van der Waals surface area contributed by atoms with E-state index in [0.717, 1.165) is 5.69 Å². The van der Waals surface area contributed by atoms with E-state index in [-0.39, 0.29) is 16.9 Å². The number of alkyl halides is 3. The van der Waals surface area contributed by atoms with Gasteiger partial charge in [-0.15, -0.1) is 0 Å². The third kappa shape index (κ3) is 4.92. The van der Waals surface area contributed by atoms with Crippen LogP contribution < -0.4 is 26.2 Å². The number of hydrogen-bond acceptors (Lipinski definition) is 7. The molecule has 38 heavy (non-hydrogen) atoms. The van der Waals surface area contributed by atoms with Crippen LogP contribution in [0.4, 0.5) is 40.8 Å². The van der Waals surface area contributed by atoms with Gasteiger partial charge in [0.15, 0.2) is 17.0 Å². The van der Waals surface area contributed by atoms with Gasteiger partial charge in [-0.1, -0.05) is 0 Å². The van der Waals surface area contributed by atoms with Gasteiger partial charge in [-0.3, -0.25) is 4.57 Å². The fraction of sp³-hybridized carbons (Fsp3) is 0.280. The molecule has 10 nitrogen and oxygen atoms in total. The molecule has 5 rings (SSSR count). The molecule has 1 aliphatic heterocycles. The van der Waals surface area contributed by atoms with E-state index in [2.05, 4.69) is 36.2 Å². The van der Waals surface area contributed by atoms with Gasteiger partial charge >= 0.3 is 12.2 Å². The predicted octanol–water partition coefficient (Wildman–Crippen LogP) is 4.24. The first-order valence-electron chi connectivity index (χ1n) is 12.0. The zero-order chi connectivity index (χ0) is 26.9. The van der Waals surface area contributed by atoms with E-state index in [4.69, 9.17) is 0 Å². The summed E-state index contributed by atoms with van der Waals surface area (Å²) in [5.74, 6) is 0.605. The topological polar surface area (TPSA) is 112 Å². The molecule has 0 saturated carbocycles. The van der Waals surface area contributed by atoms with E-state index in [1.807, 2.05) is 0 Å². The first-order valence-corrected chi connectivity index (χ1v) is 12.0. The molecule has 0 atom stereocenters. The second-order valence-electron chi connectivity index (χ2n) is 8.75. The minimum absolute atomic E-state index is 0.0334. The monoisotopic (exact) mass is 525 g/mol. The fourth-order valence-corrected chi connectivity index (χ4v) is 4.56. The molecule has 13 heteroatoms. The van der Waals surface area contributed by atoms with Gasteiger partial charge in [0.05, 0.1) is 5.56 Å². The SMILES string of the molecule is CNc1ncnc2c1ncn2-c1ccc(NC(=O)Nc2ccc(N3CCNCC3)c(C(F)(F)F)c2C)cc1. The van der Waals surface area contributed by atoms with Crippen molar-refractivity contribution in [2.45, 2.75) is 13.1 Å². The maximum Gasteiger partial charge on any atom is 0.418 e. The second-order valence-corrected chi connectivity index (χ2v) is 8.75. The number of carbonyl (C=O) groups excluding carboxylic acids is 1. The smallest absolute Gasteiger partial charge is 0.371 e. The molecule has 4 aromatic rings. The van der Waals surface area contributed by atoms with Crippen LogP contribution in [0.25, 0.3) is 16.9 Å². The molecule has 0 radical (unpaired) electrons. The van der Waals surface area contributed by atoms with Crippen molar-refractivity contribution in [1.82, 2.24) is 24.8 Å². The Morgan fingerprint density at radius 2 is 1.74 bits per heavy atom. The zero-order valence-electron chi connectivity index (χ0n) is 20.7. The third-order valence-corrected chi connectivity index (χ3v) is 6.41. The van der Waals surface area contributed by atoms with Gasteiger partial charge in [-0.05, 0) is 48.9 Å². The Bertz CT molecular complexity index is 1460. The van der Waals surface area contributed by atoms with Crippen LogP contribution in [0.15, 0.2) is 49.1 Å². The minimum atomic E-state index is -4.56. The molecule has 198 valence electrons. The van der Waals surface area contributed by atoms with Gasteiger partial charge in [0.2, 0.25) is 0 Å². The first kappa shape index (κ1) is 25.3. The summed E-state index contributed by atoms with van der Waals surface area (Å²) in [6.45, 7) is 3.55. The highest BCUT2D eigenvalue weighted by Crippen LogP contribution is 2.41. The highest BCUT2D eigenvalue weighted by molar-refractivity contribution is 6.00. The number of benzene rings is 2. The molecule has 4 N–H and O–H groups in total. The average molecular weight is 526 g/mol. The number of rotatable bonds is 5. The van der Waals surface area contributed by atoms with Crippen molar-refractivity contribution in [3.05, 3.63) is 60.2 Å². The number of anilines is 4. The number of piperazine rings is 1. The number of nitrogens with zero attached hydrogens (tertiary/aromatic N) is 5. The molecule has 3 heterocycles. The number of urea groups is 1. The molecule has 1 aliphatic rings. The van der Waals surface area contributed by atoms with Gasteiger partial charge in [0.1, 0.15) is 12.7 Å². The zero-order valence-corrected chi connectivity index (χ0v) is 20.7. The fourth-order valence-electron chi connectivity index (χ4n) is 4.56. The van der Waals surface area contributed by atoms with Crippen molar-refractivity contribution < 1.29 is 18.0 Å². The third-order valence-electron chi connectivity index (χ3n) is 6.41. The summed E-state index contributed by atoms with van der Waals surface area (Å²) < 4.78 is 43.9. The molecule has 2 aromatic carbocycles. The predicted molar refractivity (Wildman–Crippen MR) is 140 cm³/mol. The van der Waals surface area contributed by atoms with Crippen LogP contribution >= 0.6 is 0 Å². The number of fused-ring (bicyclic) bond motifs is 1. The Morgan fingerprint density at radius 1 is 1.00 bits per heavy atom. The molecule has 0 spiro atoms. The summed E-state index contributed by atoms with van der Waals surface area (Å²) in [6.07, 6.45) is -1.50. The number of amides is 2. The van der Waals surface area contributed by atoms with Crippen molar-refractivity contribution in [1.29, 1.82) is 0 Å². The first-order chi connectivity index (χ1) is 18.3. The molecule has 0 bridgehead atoms. The van der Waals surface area contributed by atoms with Crippen LogP contribution in [-0.4, -0.2) is 58.8 Å². The Hall–Kier alpha value is -4.39. The van der Waals surface area contributed by atoms with Crippen LogP contribution in [-0.2, 0) is 6.18 Å². The van der Waals surface area contributed by atoms with Gasteiger partial charge in [0.25, 0.3) is 0 Å². The standard InChI is InChI=1S/C25H26F3N9O/c1-15-18(7-8-19(20(15)25(26,27)28)36-11-9-30-10-12-36)35-24(38)34-16-3-5-17(6-4-16)37-14-33-21-22(29-2)31-13-32-23(21)37/h3-8,13-14,30H,9-12H2,1-2H3,(H,29,31,32)(H2,34,35,38). The lowest BCUT2D eigenvalue weighted by Gasteiger charge is -2.32.